The van der Waals surface area contributed by atoms with Gasteiger partial charge in [0.05, 0.1) is 17.3 Å². The quantitative estimate of drug-likeness (QED) is 0.233. The maximum Gasteiger partial charge on any atom is 0.262 e. The van der Waals surface area contributed by atoms with Crippen LogP contribution in [0.15, 0.2) is 40.2 Å². The van der Waals surface area contributed by atoms with Crippen LogP contribution in [0.1, 0.15) is 45.4 Å². The van der Waals surface area contributed by atoms with E-state index in [2.05, 4.69) is 15.0 Å². The number of sulfonamides is 1. The maximum atomic E-state index is 12.0. The van der Waals surface area contributed by atoms with Crippen LogP contribution in [0.4, 0.5) is 0 Å². The number of nitriles is 1. The Morgan fingerprint density at radius 1 is 1.26 bits per heavy atom. The summed E-state index contributed by atoms with van der Waals surface area (Å²) in [6.07, 6.45) is 9.43. The Morgan fingerprint density at radius 3 is 2.48 bits per heavy atom. The molecule has 1 aromatic rings. The van der Waals surface area contributed by atoms with Gasteiger partial charge in [-0.25, -0.2) is 8.42 Å². The molecule has 0 heterocycles. The average molecular weight is 393 g/mol. The van der Waals surface area contributed by atoms with E-state index < -0.39 is 10.0 Å². The molecule has 7 nitrogen and oxygen atoms in total. The number of rotatable bonds is 8. The van der Waals surface area contributed by atoms with Gasteiger partial charge in [0.15, 0.2) is 0 Å². The Bertz CT molecular complexity index is 708. The van der Waals surface area contributed by atoms with Crippen molar-refractivity contribution in [3.63, 3.8) is 0 Å². The standard InChI is InChI=1S/C16H24N2O2S.C3H4N2O/c1-14(12-15-8-4-2-5-9-15)17-13-18-21(19,20)16-10-6-3-7-11-16;4-1-2-5-3-6/h3,6-7,10-11,13-15H,2,4-5,8-9,12H2,1H3,(H,17,18);3H,2H2,(H,5,6). The predicted molar refractivity (Wildman–Crippen MR) is 106 cm³/mol. The molecule has 0 radical (unpaired) electrons. The highest BCUT2D eigenvalue weighted by Crippen LogP contribution is 2.27. The molecule has 0 spiro atoms. The normalized spacial score (nSPS) is 15.9. The molecule has 1 fully saturated rings. The van der Waals surface area contributed by atoms with Gasteiger partial charge in [0.25, 0.3) is 10.0 Å². The lowest BCUT2D eigenvalue weighted by Crippen LogP contribution is -2.23. The van der Waals surface area contributed by atoms with E-state index in [9.17, 15) is 13.2 Å². The van der Waals surface area contributed by atoms with Gasteiger partial charge in [-0.3, -0.25) is 14.5 Å². The lowest BCUT2D eigenvalue weighted by Gasteiger charge is -2.22. The smallest absolute Gasteiger partial charge is 0.262 e. The van der Waals surface area contributed by atoms with Gasteiger partial charge < -0.3 is 5.32 Å². The number of nitrogens with zero attached hydrogens (tertiary/aromatic N) is 2. The molecule has 0 bridgehead atoms. The minimum Gasteiger partial charge on any atom is -0.346 e. The zero-order chi connectivity index (χ0) is 20.0. The zero-order valence-electron chi connectivity index (χ0n) is 15.7. The van der Waals surface area contributed by atoms with E-state index in [1.807, 2.05) is 6.92 Å². The number of carbonyl (C=O) groups excluding carboxylic acids is 1. The number of hydrogen-bond acceptors (Lipinski definition) is 5. The van der Waals surface area contributed by atoms with Crippen molar-refractivity contribution >= 4 is 22.8 Å². The first-order valence-electron chi connectivity index (χ1n) is 9.12. The Labute approximate surface area is 161 Å². The Balaban J connectivity index is 0.000000527. The Morgan fingerprint density at radius 2 is 1.93 bits per heavy atom. The highest BCUT2D eigenvalue weighted by atomic mass is 32.2. The van der Waals surface area contributed by atoms with E-state index >= 15 is 0 Å². The fourth-order valence-corrected chi connectivity index (χ4v) is 3.80. The van der Waals surface area contributed by atoms with Crippen molar-refractivity contribution in [2.24, 2.45) is 10.9 Å². The summed E-state index contributed by atoms with van der Waals surface area (Å²) < 4.78 is 26.4. The van der Waals surface area contributed by atoms with Gasteiger partial charge in [-0.1, -0.05) is 50.3 Å². The minimum atomic E-state index is -3.49. The lowest BCUT2D eigenvalue weighted by molar-refractivity contribution is -0.109. The molecule has 0 aromatic heterocycles. The molecule has 2 rings (SSSR count). The van der Waals surface area contributed by atoms with Crippen LogP contribution in [-0.4, -0.2) is 33.8 Å². The third-order valence-corrected chi connectivity index (χ3v) is 5.56. The molecule has 1 amide bonds. The van der Waals surface area contributed by atoms with Crippen molar-refractivity contribution in [1.82, 2.24) is 10.0 Å². The van der Waals surface area contributed by atoms with Gasteiger partial charge >= 0.3 is 0 Å². The third-order valence-electron chi connectivity index (χ3n) is 4.25. The van der Waals surface area contributed by atoms with E-state index in [1.54, 1.807) is 36.4 Å². The molecule has 1 unspecified atom stereocenters. The van der Waals surface area contributed by atoms with Crippen molar-refractivity contribution in [1.29, 1.82) is 5.26 Å². The molecular weight excluding hydrogens is 364 g/mol. The largest absolute Gasteiger partial charge is 0.346 e. The molecular formula is C19H28N4O3S. The van der Waals surface area contributed by atoms with E-state index in [-0.39, 0.29) is 17.5 Å². The van der Waals surface area contributed by atoms with Crippen molar-refractivity contribution in [3.8, 4) is 6.07 Å². The van der Waals surface area contributed by atoms with Crippen molar-refractivity contribution in [2.45, 2.75) is 56.4 Å². The van der Waals surface area contributed by atoms with Crippen LogP contribution in [0.2, 0.25) is 0 Å². The second kappa shape index (κ2) is 12.9. The first-order valence-corrected chi connectivity index (χ1v) is 10.6. The molecule has 27 heavy (non-hydrogen) atoms. The second-order valence-electron chi connectivity index (χ2n) is 6.46. The summed E-state index contributed by atoms with van der Waals surface area (Å²) >= 11 is 0. The second-order valence-corrected chi connectivity index (χ2v) is 8.17. The van der Waals surface area contributed by atoms with Crippen molar-refractivity contribution < 1.29 is 13.2 Å². The summed E-state index contributed by atoms with van der Waals surface area (Å²) in [4.78, 5) is 13.9. The van der Waals surface area contributed by atoms with Crippen LogP contribution in [0.5, 0.6) is 0 Å². The molecule has 1 atom stereocenters. The van der Waals surface area contributed by atoms with Crippen LogP contribution in [0.3, 0.4) is 0 Å². The summed E-state index contributed by atoms with van der Waals surface area (Å²) in [5.41, 5.74) is 0. The minimum absolute atomic E-state index is 0.101. The molecule has 8 heteroatoms. The molecule has 0 aliphatic heterocycles. The number of amides is 1. The van der Waals surface area contributed by atoms with Crippen LogP contribution < -0.4 is 10.0 Å². The average Bonchev–Trinajstić information content (AvgIpc) is 2.68. The van der Waals surface area contributed by atoms with Gasteiger partial charge in [-0.2, -0.15) is 5.26 Å². The Hall–Kier alpha value is -2.40. The van der Waals surface area contributed by atoms with Gasteiger partial charge in [0.2, 0.25) is 6.41 Å². The van der Waals surface area contributed by atoms with Gasteiger partial charge in [-0.05, 0) is 31.4 Å². The van der Waals surface area contributed by atoms with E-state index in [4.69, 9.17) is 5.26 Å². The van der Waals surface area contributed by atoms with Crippen LogP contribution in [0, 0.1) is 17.2 Å². The first kappa shape index (κ1) is 22.6. The molecule has 1 aliphatic rings. The lowest BCUT2D eigenvalue weighted by atomic mass is 9.85. The van der Waals surface area contributed by atoms with E-state index in [1.165, 1.54) is 38.4 Å². The zero-order valence-corrected chi connectivity index (χ0v) is 16.5. The molecule has 148 valence electrons. The topological polar surface area (TPSA) is 111 Å². The van der Waals surface area contributed by atoms with Crippen molar-refractivity contribution in [3.05, 3.63) is 30.3 Å². The summed E-state index contributed by atoms with van der Waals surface area (Å²) in [5, 5.41) is 9.88. The number of hydrogen-bond donors (Lipinski definition) is 2. The van der Waals surface area contributed by atoms with E-state index in [0.29, 0.717) is 6.41 Å². The maximum absolute atomic E-state index is 12.0. The number of aliphatic imine (C=N–C) groups is 1. The van der Waals surface area contributed by atoms with Gasteiger partial charge in [0, 0.05) is 6.04 Å². The SMILES string of the molecule is CC(CC1CCCCC1)N=CNS(=O)(=O)c1ccccc1.N#CCNC=O. The fraction of sp³-hybridized carbons (Fsp3) is 0.526. The number of benzene rings is 1. The number of carbonyl (C=O) groups is 1. The number of nitrogens with one attached hydrogen (secondary N) is 2. The first-order chi connectivity index (χ1) is 13.0. The monoisotopic (exact) mass is 392 g/mol. The molecule has 1 saturated carbocycles. The predicted octanol–water partition coefficient (Wildman–Crippen LogP) is 2.61. The molecule has 0 saturated heterocycles. The molecule has 2 N–H and O–H groups in total. The highest BCUT2D eigenvalue weighted by molar-refractivity contribution is 7.90. The Kier molecular flexibility index (Phi) is 10.8. The third kappa shape index (κ3) is 9.75. The molecule has 1 aliphatic carbocycles. The highest BCUT2D eigenvalue weighted by Gasteiger charge is 2.16. The van der Waals surface area contributed by atoms with Crippen LogP contribution in [-0.2, 0) is 14.8 Å². The summed E-state index contributed by atoms with van der Waals surface area (Å²) in [5.74, 6) is 0.747. The molecule has 1 aromatic carbocycles. The summed E-state index contributed by atoms with van der Waals surface area (Å²) in [6, 6.07) is 10.2. The van der Waals surface area contributed by atoms with Crippen molar-refractivity contribution in [2.75, 3.05) is 6.54 Å². The summed E-state index contributed by atoms with van der Waals surface area (Å²) in [6.45, 7) is 2.14. The van der Waals surface area contributed by atoms with Crippen LogP contribution in [0.25, 0.3) is 0 Å². The van der Waals surface area contributed by atoms with E-state index in [0.717, 1.165) is 12.3 Å². The van der Waals surface area contributed by atoms with Gasteiger partial charge in [-0.15, -0.1) is 0 Å². The summed E-state index contributed by atoms with van der Waals surface area (Å²) in [7, 11) is -3.49. The van der Waals surface area contributed by atoms with Gasteiger partial charge in [0.1, 0.15) is 6.54 Å². The van der Waals surface area contributed by atoms with Crippen LogP contribution >= 0.6 is 0 Å². The fourth-order valence-electron chi connectivity index (χ4n) is 2.95.